The van der Waals surface area contributed by atoms with Gasteiger partial charge in [0.05, 0.1) is 25.4 Å². The van der Waals surface area contributed by atoms with Crippen molar-refractivity contribution in [2.75, 3.05) is 13.2 Å². The first-order chi connectivity index (χ1) is 35.3. The number of hydrogen-bond acceptors (Lipinski definition) is 8. The summed E-state index contributed by atoms with van der Waals surface area (Å²) in [6.07, 6.45) is 60.1. The minimum Gasteiger partial charge on any atom is -0.394 e. The van der Waals surface area contributed by atoms with E-state index in [0.717, 1.165) is 38.5 Å². The van der Waals surface area contributed by atoms with E-state index in [1.54, 1.807) is 6.08 Å². The van der Waals surface area contributed by atoms with Crippen molar-refractivity contribution in [3.8, 4) is 0 Å². The summed E-state index contributed by atoms with van der Waals surface area (Å²) in [7, 11) is 0. The molecule has 7 unspecified atom stereocenters. The number of aliphatic hydroxyl groups excluding tert-OH is 5. The van der Waals surface area contributed by atoms with E-state index in [4.69, 9.17) is 9.47 Å². The molecule has 0 aromatic heterocycles. The second-order valence-electron chi connectivity index (χ2n) is 22.6. The van der Waals surface area contributed by atoms with Crippen LogP contribution >= 0.6 is 0 Å². The molecule has 0 radical (unpaired) electrons. The van der Waals surface area contributed by atoms with Gasteiger partial charge in [0.1, 0.15) is 24.4 Å². The molecule has 1 heterocycles. The van der Waals surface area contributed by atoms with Gasteiger partial charge in [-0.15, -0.1) is 0 Å². The van der Waals surface area contributed by atoms with Crippen LogP contribution in [0, 0.1) is 0 Å². The molecule has 1 saturated heterocycles. The lowest BCUT2D eigenvalue weighted by molar-refractivity contribution is -0.302. The summed E-state index contributed by atoms with van der Waals surface area (Å²) in [5, 5.41) is 54.7. The highest BCUT2D eigenvalue weighted by molar-refractivity contribution is 5.76. The van der Waals surface area contributed by atoms with Crippen molar-refractivity contribution < 1.29 is 39.8 Å². The van der Waals surface area contributed by atoms with Gasteiger partial charge in [0, 0.05) is 6.42 Å². The standard InChI is InChI=1S/C63H123NO8/c1-3-5-7-9-11-13-15-17-19-21-23-25-27-29-31-33-35-37-39-41-43-45-47-49-51-53-59(67)64-56(55-71-63-62(70)61(69)60(68)58(54-65)72-63)57(66)52-50-48-46-44-42-40-38-36-34-32-30-28-26-24-22-20-18-16-14-12-10-8-6-4-2/h50,52,56-58,60-63,65-66,68-70H,3-49,51,53-55H2,1-2H3,(H,64,67)/b52-50+. The predicted octanol–water partition coefficient (Wildman–Crippen LogP) is 16.4. The molecule has 1 aliphatic heterocycles. The van der Waals surface area contributed by atoms with Crippen molar-refractivity contribution in [3.63, 3.8) is 0 Å². The third-order valence-corrected chi connectivity index (χ3v) is 15.6. The van der Waals surface area contributed by atoms with Crippen molar-refractivity contribution >= 4 is 5.91 Å². The van der Waals surface area contributed by atoms with Gasteiger partial charge >= 0.3 is 0 Å². The maximum atomic E-state index is 13.1. The average molecular weight is 1020 g/mol. The Balaban J connectivity index is 2.17. The number of rotatable bonds is 56. The number of carbonyl (C=O) groups is 1. The Labute approximate surface area is 446 Å². The van der Waals surface area contributed by atoms with Crippen LogP contribution in [-0.4, -0.2) is 87.5 Å². The predicted molar refractivity (Wildman–Crippen MR) is 304 cm³/mol. The molecule has 0 aromatic rings. The molecule has 0 aromatic carbocycles. The van der Waals surface area contributed by atoms with Gasteiger partial charge in [-0.3, -0.25) is 4.79 Å². The number of unbranched alkanes of at least 4 members (excludes halogenated alkanes) is 46. The van der Waals surface area contributed by atoms with Gasteiger partial charge in [0.15, 0.2) is 6.29 Å². The Bertz CT molecular complexity index is 1140. The fourth-order valence-corrected chi connectivity index (χ4v) is 10.6. The molecular formula is C63H123NO8. The van der Waals surface area contributed by atoms with Gasteiger partial charge in [-0.05, 0) is 19.3 Å². The smallest absolute Gasteiger partial charge is 0.220 e. The van der Waals surface area contributed by atoms with Crippen LogP contribution in [0.25, 0.3) is 0 Å². The number of ether oxygens (including phenoxy) is 2. The molecule has 6 N–H and O–H groups in total. The highest BCUT2D eigenvalue weighted by Gasteiger charge is 2.44. The SMILES string of the molecule is CCCCCCCCCCCCCCCCCCCCCCCC/C=C/C(O)C(COC1OC(CO)C(O)C(O)C1O)NC(=O)CCCCCCCCCCCCCCCCCCCCCCCCCCC. The van der Waals surface area contributed by atoms with Gasteiger partial charge in [0.2, 0.25) is 5.91 Å². The number of amides is 1. The first kappa shape index (κ1) is 68.9. The number of hydrogen-bond donors (Lipinski definition) is 6. The van der Waals surface area contributed by atoms with Crippen molar-refractivity contribution in [1.82, 2.24) is 5.32 Å². The highest BCUT2D eigenvalue weighted by Crippen LogP contribution is 2.23. The third-order valence-electron chi connectivity index (χ3n) is 15.6. The lowest BCUT2D eigenvalue weighted by Crippen LogP contribution is -2.60. The molecule has 1 amide bonds. The molecule has 7 atom stereocenters. The fraction of sp³-hybridized carbons (Fsp3) is 0.952. The third kappa shape index (κ3) is 42.1. The molecule has 1 aliphatic rings. The minimum atomic E-state index is -1.56. The highest BCUT2D eigenvalue weighted by atomic mass is 16.7. The molecule has 0 saturated carbocycles. The Hall–Kier alpha value is -1.07. The molecule has 72 heavy (non-hydrogen) atoms. The van der Waals surface area contributed by atoms with Gasteiger partial charge in [0.25, 0.3) is 0 Å². The quantitative estimate of drug-likeness (QED) is 0.0261. The molecule has 9 nitrogen and oxygen atoms in total. The molecule has 1 rings (SSSR count). The van der Waals surface area contributed by atoms with Crippen LogP contribution in [0.4, 0.5) is 0 Å². The summed E-state index contributed by atoms with van der Waals surface area (Å²) in [6, 6.07) is -0.801. The first-order valence-corrected chi connectivity index (χ1v) is 31.9. The molecule has 0 aliphatic carbocycles. The second-order valence-corrected chi connectivity index (χ2v) is 22.6. The Morgan fingerprint density at radius 3 is 1.08 bits per heavy atom. The van der Waals surface area contributed by atoms with E-state index in [-0.39, 0.29) is 12.5 Å². The minimum absolute atomic E-state index is 0.168. The zero-order valence-corrected chi connectivity index (χ0v) is 47.7. The van der Waals surface area contributed by atoms with Crippen LogP contribution in [0.3, 0.4) is 0 Å². The van der Waals surface area contributed by atoms with Gasteiger partial charge in [-0.2, -0.15) is 0 Å². The van der Waals surface area contributed by atoms with Crippen molar-refractivity contribution in [2.24, 2.45) is 0 Å². The lowest BCUT2D eigenvalue weighted by Gasteiger charge is -2.40. The molecule has 1 fully saturated rings. The van der Waals surface area contributed by atoms with Crippen molar-refractivity contribution in [3.05, 3.63) is 12.2 Å². The summed E-state index contributed by atoms with van der Waals surface area (Å²) in [5.41, 5.74) is 0. The van der Waals surface area contributed by atoms with E-state index in [2.05, 4.69) is 19.2 Å². The first-order valence-electron chi connectivity index (χ1n) is 31.9. The second kappa shape index (κ2) is 53.3. The normalized spacial score (nSPS) is 19.1. The molecule has 428 valence electrons. The van der Waals surface area contributed by atoms with Gasteiger partial charge in [-0.1, -0.05) is 315 Å². The topological polar surface area (TPSA) is 149 Å². The van der Waals surface area contributed by atoms with Crippen LogP contribution in [0.5, 0.6) is 0 Å². The number of aliphatic hydroxyl groups is 5. The van der Waals surface area contributed by atoms with E-state index in [1.165, 1.54) is 270 Å². The van der Waals surface area contributed by atoms with Crippen molar-refractivity contribution in [1.29, 1.82) is 0 Å². The molecular weight excluding hydrogens is 899 g/mol. The van der Waals surface area contributed by atoms with E-state index >= 15 is 0 Å². The Morgan fingerprint density at radius 2 is 0.764 bits per heavy atom. The molecule has 0 spiro atoms. The van der Waals surface area contributed by atoms with E-state index in [9.17, 15) is 30.3 Å². The maximum absolute atomic E-state index is 13.1. The van der Waals surface area contributed by atoms with Crippen LogP contribution in [-0.2, 0) is 14.3 Å². The summed E-state index contributed by atoms with van der Waals surface area (Å²) < 4.78 is 11.3. The Kier molecular flexibility index (Phi) is 51.1. The van der Waals surface area contributed by atoms with E-state index in [1.807, 2.05) is 6.08 Å². The molecule has 9 heteroatoms. The summed E-state index contributed by atoms with van der Waals surface area (Å²) in [4.78, 5) is 13.1. The van der Waals surface area contributed by atoms with Gasteiger partial charge in [-0.25, -0.2) is 0 Å². The summed E-state index contributed by atoms with van der Waals surface area (Å²) >= 11 is 0. The van der Waals surface area contributed by atoms with E-state index < -0.39 is 49.5 Å². The number of allylic oxidation sites excluding steroid dienone is 1. The van der Waals surface area contributed by atoms with Gasteiger partial charge < -0.3 is 40.3 Å². The van der Waals surface area contributed by atoms with Crippen LogP contribution in [0.2, 0.25) is 0 Å². The Morgan fingerprint density at radius 1 is 0.458 bits per heavy atom. The number of nitrogens with one attached hydrogen (secondary N) is 1. The van der Waals surface area contributed by atoms with Crippen molar-refractivity contribution in [2.45, 2.75) is 371 Å². The monoisotopic (exact) mass is 1020 g/mol. The number of carbonyl (C=O) groups excluding carboxylic acids is 1. The van der Waals surface area contributed by atoms with Crippen LogP contribution in [0.1, 0.15) is 328 Å². The molecule has 0 bridgehead atoms. The summed E-state index contributed by atoms with van der Waals surface area (Å²) in [5.74, 6) is -0.168. The zero-order chi connectivity index (χ0) is 52.2. The van der Waals surface area contributed by atoms with Crippen LogP contribution < -0.4 is 5.32 Å². The summed E-state index contributed by atoms with van der Waals surface area (Å²) in [6.45, 7) is 3.84. The maximum Gasteiger partial charge on any atom is 0.220 e. The average Bonchev–Trinajstić information content (AvgIpc) is 3.38. The van der Waals surface area contributed by atoms with Crippen LogP contribution in [0.15, 0.2) is 12.2 Å². The largest absolute Gasteiger partial charge is 0.394 e. The van der Waals surface area contributed by atoms with E-state index in [0.29, 0.717) is 6.42 Å². The lowest BCUT2D eigenvalue weighted by atomic mass is 9.99. The zero-order valence-electron chi connectivity index (χ0n) is 47.7. The fourth-order valence-electron chi connectivity index (χ4n) is 10.6.